The number of amides is 1. The monoisotopic (exact) mass is 425 g/mol. The molecule has 2 aromatic rings. The number of rotatable bonds is 5. The Morgan fingerprint density at radius 1 is 1.13 bits per heavy atom. The van der Waals surface area contributed by atoms with Crippen molar-refractivity contribution in [2.75, 3.05) is 19.7 Å². The highest BCUT2D eigenvalue weighted by atomic mass is 16.6. The number of carboxylic acids is 1. The zero-order valence-electron chi connectivity index (χ0n) is 16.8. The maximum absolute atomic E-state index is 13.3. The van der Waals surface area contributed by atoms with E-state index in [9.17, 15) is 24.8 Å². The summed E-state index contributed by atoms with van der Waals surface area (Å²) in [6.45, 7) is 1.94. The Kier molecular flexibility index (Phi) is 5.71. The molecule has 9 nitrogen and oxygen atoms in total. The van der Waals surface area contributed by atoms with Gasteiger partial charge in [0.1, 0.15) is 5.72 Å². The molecule has 2 aromatic carbocycles. The molecule has 0 saturated carbocycles. The Morgan fingerprint density at radius 3 is 2.48 bits per heavy atom. The number of carbonyl (C=O) groups is 2. The van der Waals surface area contributed by atoms with Gasteiger partial charge in [0.2, 0.25) is 0 Å². The van der Waals surface area contributed by atoms with Gasteiger partial charge < -0.3 is 9.84 Å². The van der Waals surface area contributed by atoms with Crippen molar-refractivity contribution in [2.24, 2.45) is 0 Å². The van der Waals surface area contributed by atoms with Crippen LogP contribution in [0.25, 0.3) is 0 Å². The molecule has 1 spiro atoms. The molecule has 4 rings (SSSR count). The third-order valence-electron chi connectivity index (χ3n) is 5.95. The molecule has 1 amide bonds. The van der Waals surface area contributed by atoms with Crippen molar-refractivity contribution >= 4 is 17.6 Å². The van der Waals surface area contributed by atoms with Crippen LogP contribution in [0.2, 0.25) is 0 Å². The summed E-state index contributed by atoms with van der Waals surface area (Å²) in [4.78, 5) is 39.2. The molecule has 0 aliphatic carbocycles. The van der Waals surface area contributed by atoms with Gasteiger partial charge in [0.15, 0.2) is 6.04 Å². The second-order valence-electron chi connectivity index (χ2n) is 7.86. The van der Waals surface area contributed by atoms with Crippen LogP contribution < -0.4 is 0 Å². The number of carbonyl (C=O) groups excluding carboxylic acids is 1. The fourth-order valence-corrected chi connectivity index (χ4v) is 4.35. The van der Waals surface area contributed by atoms with Gasteiger partial charge >= 0.3 is 5.97 Å². The van der Waals surface area contributed by atoms with Gasteiger partial charge in [-0.05, 0) is 11.6 Å². The second kappa shape index (κ2) is 8.44. The molecule has 0 aromatic heterocycles. The lowest BCUT2D eigenvalue weighted by Crippen LogP contribution is -2.58. The zero-order chi connectivity index (χ0) is 22.0. The van der Waals surface area contributed by atoms with Crippen molar-refractivity contribution in [1.29, 1.82) is 0 Å². The van der Waals surface area contributed by atoms with Crippen molar-refractivity contribution in [2.45, 2.75) is 31.2 Å². The molecule has 2 heterocycles. The van der Waals surface area contributed by atoms with Crippen LogP contribution >= 0.6 is 0 Å². The van der Waals surface area contributed by atoms with Gasteiger partial charge in [-0.15, -0.1) is 0 Å². The van der Waals surface area contributed by atoms with Crippen LogP contribution in [0.5, 0.6) is 0 Å². The Hall–Kier alpha value is -3.30. The highest BCUT2D eigenvalue weighted by Gasteiger charge is 2.54. The van der Waals surface area contributed by atoms with E-state index in [2.05, 4.69) is 17.0 Å². The number of hydrogen-bond acceptors (Lipinski definition) is 6. The summed E-state index contributed by atoms with van der Waals surface area (Å²) >= 11 is 0. The summed E-state index contributed by atoms with van der Waals surface area (Å²) in [5.41, 5.74) is 0.0122. The minimum Gasteiger partial charge on any atom is -0.480 e. The average Bonchev–Trinajstić information content (AvgIpc) is 3.15. The minimum atomic E-state index is -1.15. The number of non-ortho nitro benzene ring substituents is 1. The third-order valence-corrected chi connectivity index (χ3v) is 5.95. The Balaban J connectivity index is 1.56. The number of nitro benzene ring substituents is 1. The Morgan fingerprint density at radius 2 is 1.84 bits per heavy atom. The predicted molar refractivity (Wildman–Crippen MR) is 110 cm³/mol. The first-order valence-corrected chi connectivity index (χ1v) is 10.1. The summed E-state index contributed by atoms with van der Waals surface area (Å²) in [5, 5.41) is 20.8. The van der Waals surface area contributed by atoms with Crippen LogP contribution in [-0.2, 0) is 16.1 Å². The van der Waals surface area contributed by atoms with Crippen LogP contribution in [0.3, 0.4) is 0 Å². The van der Waals surface area contributed by atoms with Crippen LogP contribution in [0.4, 0.5) is 5.69 Å². The predicted octanol–water partition coefficient (Wildman–Crippen LogP) is 2.51. The molecule has 2 fully saturated rings. The summed E-state index contributed by atoms with van der Waals surface area (Å²) in [6.07, 6.45) is 0.925. The number of benzene rings is 2. The van der Waals surface area contributed by atoms with Crippen LogP contribution in [0, 0.1) is 10.1 Å². The number of nitrogens with zero attached hydrogens (tertiary/aromatic N) is 3. The quantitative estimate of drug-likeness (QED) is 0.578. The summed E-state index contributed by atoms with van der Waals surface area (Å²) in [5.74, 6) is -1.72. The fraction of sp³-hybridized carbons (Fsp3) is 0.364. The number of piperidine rings is 1. The van der Waals surface area contributed by atoms with Gasteiger partial charge in [-0.25, -0.2) is 4.79 Å². The molecule has 0 unspecified atom stereocenters. The lowest BCUT2D eigenvalue weighted by Gasteiger charge is -2.44. The first-order chi connectivity index (χ1) is 14.9. The second-order valence-corrected chi connectivity index (χ2v) is 7.86. The smallest absolute Gasteiger partial charge is 0.328 e. The molecule has 2 aliphatic heterocycles. The van der Waals surface area contributed by atoms with E-state index in [1.54, 1.807) is 0 Å². The van der Waals surface area contributed by atoms with Gasteiger partial charge in [0, 0.05) is 50.2 Å². The Labute approximate surface area is 179 Å². The van der Waals surface area contributed by atoms with Crippen molar-refractivity contribution in [3.63, 3.8) is 0 Å². The lowest BCUT2D eigenvalue weighted by atomic mass is 9.96. The molecule has 0 bridgehead atoms. The summed E-state index contributed by atoms with van der Waals surface area (Å²) in [6, 6.07) is 14.3. The SMILES string of the molecule is O=C(O)[C@H]1COC2(CCN(Cc3ccccc3)CC2)N1C(=O)c1cccc([N+](=O)[O-])c1. The number of likely N-dealkylation sites (tertiary alicyclic amines) is 1. The standard InChI is InChI=1S/C22H23N3O6/c26-20(17-7-4-8-18(13-17)25(29)30)24-19(21(27)28)15-31-22(24)9-11-23(12-10-22)14-16-5-2-1-3-6-16/h1-8,13,19H,9-12,14-15H2,(H,27,28)/t19-/m1/s1. The lowest BCUT2D eigenvalue weighted by molar-refractivity contribution is -0.384. The molecular formula is C22H23N3O6. The molecule has 162 valence electrons. The number of carboxylic acid groups (broad SMARTS) is 1. The molecule has 1 N–H and O–H groups in total. The fourth-order valence-electron chi connectivity index (χ4n) is 4.35. The molecule has 2 saturated heterocycles. The molecule has 31 heavy (non-hydrogen) atoms. The Bertz CT molecular complexity index is 988. The molecule has 1 atom stereocenters. The molecule has 2 aliphatic rings. The van der Waals surface area contributed by atoms with E-state index in [0.29, 0.717) is 25.9 Å². The van der Waals surface area contributed by atoms with E-state index in [1.807, 2.05) is 18.2 Å². The average molecular weight is 425 g/mol. The van der Waals surface area contributed by atoms with Gasteiger partial charge in [0.05, 0.1) is 11.5 Å². The first kappa shape index (κ1) is 21.0. The number of hydrogen-bond donors (Lipinski definition) is 1. The molecule has 0 radical (unpaired) electrons. The van der Waals surface area contributed by atoms with Crippen molar-refractivity contribution in [3.8, 4) is 0 Å². The maximum Gasteiger partial charge on any atom is 0.328 e. The largest absolute Gasteiger partial charge is 0.480 e. The normalized spacial score (nSPS) is 20.6. The topological polar surface area (TPSA) is 113 Å². The van der Waals surface area contributed by atoms with Gasteiger partial charge in [0.25, 0.3) is 11.6 Å². The van der Waals surface area contributed by atoms with Crippen LogP contribution in [0.15, 0.2) is 54.6 Å². The summed E-state index contributed by atoms with van der Waals surface area (Å²) < 4.78 is 5.95. The van der Waals surface area contributed by atoms with E-state index >= 15 is 0 Å². The highest BCUT2D eigenvalue weighted by molar-refractivity contribution is 5.98. The minimum absolute atomic E-state index is 0.0806. The van der Waals surface area contributed by atoms with Gasteiger partial charge in [-0.1, -0.05) is 36.4 Å². The first-order valence-electron chi connectivity index (χ1n) is 10.1. The van der Waals surface area contributed by atoms with E-state index < -0.39 is 28.6 Å². The van der Waals surface area contributed by atoms with Gasteiger partial charge in [-0.2, -0.15) is 0 Å². The maximum atomic E-state index is 13.3. The van der Waals surface area contributed by atoms with Gasteiger partial charge in [-0.3, -0.25) is 24.7 Å². The van der Waals surface area contributed by atoms with Crippen LogP contribution in [0.1, 0.15) is 28.8 Å². The van der Waals surface area contributed by atoms with Crippen molar-refractivity contribution in [1.82, 2.24) is 9.80 Å². The van der Waals surface area contributed by atoms with E-state index in [-0.39, 0.29) is 17.9 Å². The van der Waals surface area contributed by atoms with E-state index in [0.717, 1.165) is 6.54 Å². The molecule has 9 heteroatoms. The number of aliphatic carboxylic acids is 1. The highest BCUT2D eigenvalue weighted by Crippen LogP contribution is 2.39. The van der Waals surface area contributed by atoms with Crippen molar-refractivity contribution < 1.29 is 24.4 Å². The molecular weight excluding hydrogens is 402 g/mol. The zero-order valence-corrected chi connectivity index (χ0v) is 16.8. The summed E-state index contributed by atoms with van der Waals surface area (Å²) in [7, 11) is 0. The van der Waals surface area contributed by atoms with Crippen molar-refractivity contribution in [3.05, 3.63) is 75.8 Å². The number of ether oxygens (including phenoxy) is 1. The number of nitro groups is 1. The third kappa shape index (κ3) is 4.14. The van der Waals surface area contributed by atoms with E-state index in [4.69, 9.17) is 4.74 Å². The van der Waals surface area contributed by atoms with Crippen LogP contribution in [-0.4, -0.2) is 63.2 Å². The van der Waals surface area contributed by atoms with E-state index in [1.165, 1.54) is 34.7 Å².